The van der Waals surface area contributed by atoms with Crippen LogP contribution in [0.5, 0.6) is 0 Å². The summed E-state index contributed by atoms with van der Waals surface area (Å²) in [6, 6.07) is 15.0. The zero-order valence-corrected chi connectivity index (χ0v) is 14.8. The predicted octanol–water partition coefficient (Wildman–Crippen LogP) is 2.86. The first kappa shape index (κ1) is 17.7. The first-order valence-corrected chi connectivity index (χ1v) is 8.30. The highest BCUT2D eigenvalue weighted by Crippen LogP contribution is 2.20. The Bertz CT molecular complexity index is 946. The minimum absolute atomic E-state index is 0.0963. The smallest absolute Gasteiger partial charge is 0.267 e. The monoisotopic (exact) mass is 351 g/mol. The number of hydrogen-bond donors (Lipinski definition) is 3. The molecule has 0 aliphatic rings. The number of nitrogens with one attached hydrogen (secondary N) is 3. The van der Waals surface area contributed by atoms with Gasteiger partial charge in [0.2, 0.25) is 5.91 Å². The van der Waals surface area contributed by atoms with Gasteiger partial charge in [0.1, 0.15) is 5.69 Å². The largest absolute Gasteiger partial charge is 0.380 e. The summed E-state index contributed by atoms with van der Waals surface area (Å²) >= 11 is 0. The van der Waals surface area contributed by atoms with E-state index in [0.717, 1.165) is 22.0 Å². The van der Waals surface area contributed by atoms with Crippen molar-refractivity contribution in [2.24, 2.45) is 0 Å². The van der Waals surface area contributed by atoms with Crippen molar-refractivity contribution in [2.75, 3.05) is 19.5 Å². The van der Waals surface area contributed by atoms with Crippen LogP contribution in [0.25, 0.3) is 10.9 Å². The van der Waals surface area contributed by atoms with Gasteiger partial charge >= 0.3 is 0 Å². The number of carbonyl (C=O) groups is 2. The molecule has 1 heterocycles. The van der Waals surface area contributed by atoms with Crippen LogP contribution in [0.3, 0.4) is 0 Å². The zero-order chi connectivity index (χ0) is 18.5. The number of benzene rings is 2. The maximum Gasteiger partial charge on any atom is 0.267 e. The predicted molar refractivity (Wildman–Crippen MR) is 101 cm³/mol. The van der Waals surface area contributed by atoms with Crippen LogP contribution in [0, 0.1) is 0 Å². The third kappa shape index (κ3) is 4.10. The van der Waals surface area contributed by atoms with E-state index in [1.165, 1.54) is 0 Å². The Morgan fingerprint density at radius 1 is 1.08 bits per heavy atom. The highest BCUT2D eigenvalue weighted by molar-refractivity contribution is 6.00. The number of aromatic amines is 1. The molecule has 134 valence electrons. The molecule has 0 atom stereocenters. The first-order chi connectivity index (χ1) is 12.6. The van der Waals surface area contributed by atoms with Crippen LogP contribution < -0.4 is 10.6 Å². The molecule has 3 rings (SSSR count). The molecule has 2 aromatic carbocycles. The number of methoxy groups -OCH3 is 1. The summed E-state index contributed by atoms with van der Waals surface area (Å²) in [5.74, 6) is -0.274. The second kappa shape index (κ2) is 7.84. The van der Waals surface area contributed by atoms with Crippen molar-refractivity contribution in [1.29, 1.82) is 0 Å². The Kier molecular flexibility index (Phi) is 5.34. The molecule has 0 spiro atoms. The summed E-state index contributed by atoms with van der Waals surface area (Å²) in [6.45, 7) is 0.521. The molecule has 0 bridgehead atoms. The van der Waals surface area contributed by atoms with Gasteiger partial charge < -0.3 is 20.4 Å². The molecule has 0 radical (unpaired) electrons. The average molecular weight is 351 g/mol. The Labute approximate surface area is 151 Å². The SMILES string of the molecule is CNC(=O)c1cc2cc(NC(=O)Cc3cccc(COC)c3)ccc2[nH]1. The second-order valence-corrected chi connectivity index (χ2v) is 6.04. The fraction of sp³-hybridized carbons (Fsp3) is 0.200. The van der Waals surface area contributed by atoms with E-state index in [4.69, 9.17) is 4.74 Å². The Morgan fingerprint density at radius 3 is 2.65 bits per heavy atom. The van der Waals surface area contributed by atoms with Gasteiger partial charge in [-0.25, -0.2) is 0 Å². The number of rotatable bonds is 6. The fourth-order valence-corrected chi connectivity index (χ4v) is 2.85. The molecule has 3 N–H and O–H groups in total. The Morgan fingerprint density at radius 2 is 1.88 bits per heavy atom. The second-order valence-electron chi connectivity index (χ2n) is 6.04. The topological polar surface area (TPSA) is 83.2 Å². The van der Waals surface area contributed by atoms with Crippen LogP contribution in [0.2, 0.25) is 0 Å². The van der Waals surface area contributed by atoms with Crippen molar-refractivity contribution < 1.29 is 14.3 Å². The Hall–Kier alpha value is -3.12. The quantitative estimate of drug-likeness (QED) is 0.638. The van der Waals surface area contributed by atoms with Crippen molar-refractivity contribution in [3.05, 3.63) is 65.4 Å². The van der Waals surface area contributed by atoms with Gasteiger partial charge in [0.05, 0.1) is 13.0 Å². The van der Waals surface area contributed by atoms with Gasteiger partial charge in [0, 0.05) is 30.7 Å². The standard InChI is InChI=1S/C20H21N3O3/c1-21-20(25)18-11-15-10-16(6-7-17(15)23-18)22-19(24)9-13-4-3-5-14(8-13)12-26-2/h3-8,10-11,23H,9,12H2,1-2H3,(H,21,25)(H,22,24). The van der Waals surface area contributed by atoms with Crippen molar-refractivity contribution >= 4 is 28.4 Å². The number of anilines is 1. The number of hydrogen-bond acceptors (Lipinski definition) is 3. The van der Waals surface area contributed by atoms with E-state index < -0.39 is 0 Å². The van der Waals surface area contributed by atoms with Gasteiger partial charge in [0.25, 0.3) is 5.91 Å². The highest BCUT2D eigenvalue weighted by Gasteiger charge is 2.09. The summed E-state index contributed by atoms with van der Waals surface area (Å²) in [5, 5.41) is 6.35. The molecular formula is C20H21N3O3. The third-order valence-corrected chi connectivity index (χ3v) is 4.04. The zero-order valence-electron chi connectivity index (χ0n) is 14.8. The molecule has 0 saturated heterocycles. The molecule has 3 aromatic rings. The maximum atomic E-state index is 12.3. The summed E-state index contributed by atoms with van der Waals surface area (Å²) in [7, 11) is 3.23. The van der Waals surface area contributed by atoms with Crippen LogP contribution in [0.15, 0.2) is 48.5 Å². The van der Waals surface area contributed by atoms with Gasteiger partial charge in [0.15, 0.2) is 0 Å². The van der Waals surface area contributed by atoms with Gasteiger partial charge in [-0.1, -0.05) is 24.3 Å². The summed E-state index contributed by atoms with van der Waals surface area (Å²) in [4.78, 5) is 27.1. The lowest BCUT2D eigenvalue weighted by molar-refractivity contribution is -0.115. The first-order valence-electron chi connectivity index (χ1n) is 8.30. The molecule has 1 aromatic heterocycles. The molecule has 0 aliphatic carbocycles. The number of carbonyl (C=O) groups excluding carboxylic acids is 2. The number of H-pyrrole nitrogens is 1. The lowest BCUT2D eigenvalue weighted by Crippen LogP contribution is -2.17. The maximum absolute atomic E-state index is 12.3. The van der Waals surface area contributed by atoms with Gasteiger partial charge in [-0.3, -0.25) is 9.59 Å². The number of fused-ring (bicyclic) bond motifs is 1. The molecule has 0 saturated carbocycles. The summed E-state index contributed by atoms with van der Waals surface area (Å²) in [5.41, 5.74) is 3.99. The van der Waals surface area contributed by atoms with E-state index in [0.29, 0.717) is 18.0 Å². The molecule has 0 fully saturated rings. The molecule has 6 nitrogen and oxygen atoms in total. The minimum atomic E-state index is -0.178. The van der Waals surface area contributed by atoms with Crippen molar-refractivity contribution in [1.82, 2.24) is 10.3 Å². The summed E-state index contributed by atoms with van der Waals surface area (Å²) in [6.07, 6.45) is 0.284. The van der Waals surface area contributed by atoms with Crippen LogP contribution in [-0.2, 0) is 22.6 Å². The van der Waals surface area contributed by atoms with Gasteiger partial charge in [-0.15, -0.1) is 0 Å². The highest BCUT2D eigenvalue weighted by atomic mass is 16.5. The number of ether oxygens (including phenoxy) is 1. The van der Waals surface area contributed by atoms with Crippen molar-refractivity contribution in [3.8, 4) is 0 Å². The number of amides is 2. The molecular weight excluding hydrogens is 330 g/mol. The van der Waals surface area contributed by atoms with E-state index in [1.54, 1.807) is 20.2 Å². The van der Waals surface area contributed by atoms with Crippen LogP contribution in [0.4, 0.5) is 5.69 Å². The minimum Gasteiger partial charge on any atom is -0.380 e. The lowest BCUT2D eigenvalue weighted by Gasteiger charge is -2.07. The molecule has 26 heavy (non-hydrogen) atoms. The fourth-order valence-electron chi connectivity index (χ4n) is 2.85. The third-order valence-electron chi connectivity index (χ3n) is 4.04. The van der Waals surface area contributed by atoms with E-state index >= 15 is 0 Å². The van der Waals surface area contributed by atoms with Crippen LogP contribution in [-0.4, -0.2) is 31.0 Å². The van der Waals surface area contributed by atoms with E-state index in [1.807, 2.05) is 42.5 Å². The Balaban J connectivity index is 1.70. The average Bonchev–Trinajstić information content (AvgIpc) is 3.05. The van der Waals surface area contributed by atoms with E-state index in [9.17, 15) is 9.59 Å². The molecule has 0 unspecified atom stereocenters. The number of aromatic nitrogens is 1. The van der Waals surface area contributed by atoms with E-state index in [-0.39, 0.29) is 18.2 Å². The molecule has 0 aliphatic heterocycles. The van der Waals surface area contributed by atoms with Crippen LogP contribution in [0.1, 0.15) is 21.6 Å². The van der Waals surface area contributed by atoms with E-state index in [2.05, 4.69) is 15.6 Å². The van der Waals surface area contributed by atoms with Crippen molar-refractivity contribution in [2.45, 2.75) is 13.0 Å². The lowest BCUT2D eigenvalue weighted by atomic mass is 10.1. The van der Waals surface area contributed by atoms with Crippen molar-refractivity contribution in [3.63, 3.8) is 0 Å². The molecule has 6 heteroatoms. The van der Waals surface area contributed by atoms with Gasteiger partial charge in [-0.2, -0.15) is 0 Å². The van der Waals surface area contributed by atoms with Crippen LogP contribution >= 0.6 is 0 Å². The summed E-state index contributed by atoms with van der Waals surface area (Å²) < 4.78 is 5.12. The molecule has 2 amide bonds. The van der Waals surface area contributed by atoms with Gasteiger partial charge in [-0.05, 0) is 35.4 Å². The normalized spacial score (nSPS) is 10.7.